The van der Waals surface area contributed by atoms with E-state index in [4.69, 9.17) is 5.73 Å². The molecule has 1 heterocycles. The number of benzene rings is 1. The third-order valence-electron chi connectivity index (χ3n) is 3.05. The van der Waals surface area contributed by atoms with Crippen molar-refractivity contribution >= 4 is 5.96 Å². The van der Waals surface area contributed by atoms with Crippen LogP contribution in [0, 0.1) is 0 Å². The Morgan fingerprint density at radius 1 is 1.29 bits per heavy atom. The first kappa shape index (κ1) is 11.9. The highest BCUT2D eigenvalue weighted by molar-refractivity contribution is 5.78. The van der Waals surface area contributed by atoms with Crippen LogP contribution in [0.1, 0.15) is 18.4 Å². The molecule has 1 saturated heterocycles. The van der Waals surface area contributed by atoms with E-state index in [1.165, 1.54) is 0 Å². The van der Waals surface area contributed by atoms with E-state index in [2.05, 4.69) is 4.99 Å². The summed E-state index contributed by atoms with van der Waals surface area (Å²) in [7, 11) is 0. The lowest BCUT2D eigenvalue weighted by Crippen LogP contribution is -2.44. The summed E-state index contributed by atoms with van der Waals surface area (Å²) in [5.74, 6) is 0.584. The summed E-state index contributed by atoms with van der Waals surface area (Å²) in [6, 6.07) is 10.1. The number of nitrogens with zero attached hydrogens (tertiary/aromatic N) is 2. The zero-order valence-electron chi connectivity index (χ0n) is 9.92. The van der Waals surface area contributed by atoms with Crippen LogP contribution in [0.3, 0.4) is 0 Å². The Kier molecular flexibility index (Phi) is 3.98. The molecule has 4 nitrogen and oxygen atoms in total. The van der Waals surface area contributed by atoms with Crippen LogP contribution in [0.25, 0.3) is 0 Å². The molecule has 92 valence electrons. The van der Waals surface area contributed by atoms with E-state index in [9.17, 15) is 5.11 Å². The van der Waals surface area contributed by atoms with E-state index < -0.39 is 0 Å². The smallest absolute Gasteiger partial charge is 0.191 e. The molecule has 17 heavy (non-hydrogen) atoms. The molecule has 1 fully saturated rings. The van der Waals surface area contributed by atoms with E-state index in [1.807, 2.05) is 35.2 Å². The molecule has 0 amide bonds. The molecule has 0 radical (unpaired) electrons. The summed E-state index contributed by atoms with van der Waals surface area (Å²) in [4.78, 5) is 6.42. The van der Waals surface area contributed by atoms with Gasteiger partial charge >= 0.3 is 0 Å². The Balaban J connectivity index is 1.89. The highest BCUT2D eigenvalue weighted by Crippen LogP contribution is 2.09. The second-order valence-electron chi connectivity index (χ2n) is 4.38. The maximum Gasteiger partial charge on any atom is 0.191 e. The van der Waals surface area contributed by atoms with E-state index in [1.54, 1.807) is 0 Å². The van der Waals surface area contributed by atoms with E-state index in [0.29, 0.717) is 12.5 Å². The zero-order chi connectivity index (χ0) is 12.1. The number of piperidine rings is 1. The van der Waals surface area contributed by atoms with Gasteiger partial charge in [-0.25, -0.2) is 4.99 Å². The number of likely N-dealkylation sites (tertiary alicyclic amines) is 1. The molecule has 0 atom stereocenters. The van der Waals surface area contributed by atoms with E-state index in [-0.39, 0.29) is 6.10 Å². The molecule has 0 bridgehead atoms. The Bertz CT molecular complexity index is 370. The fraction of sp³-hybridized carbons (Fsp3) is 0.462. The van der Waals surface area contributed by atoms with Crippen molar-refractivity contribution in [1.82, 2.24) is 4.90 Å². The monoisotopic (exact) mass is 233 g/mol. The molecule has 2 rings (SSSR count). The van der Waals surface area contributed by atoms with E-state index in [0.717, 1.165) is 31.5 Å². The normalized spacial score (nSPS) is 18.4. The molecule has 0 saturated carbocycles. The largest absolute Gasteiger partial charge is 0.393 e. The van der Waals surface area contributed by atoms with E-state index >= 15 is 0 Å². The Morgan fingerprint density at radius 3 is 2.59 bits per heavy atom. The summed E-state index contributed by atoms with van der Waals surface area (Å²) in [5.41, 5.74) is 7.10. The number of hydrogen-bond donors (Lipinski definition) is 2. The Hall–Kier alpha value is -1.55. The van der Waals surface area contributed by atoms with Crippen LogP contribution in [0.5, 0.6) is 0 Å². The summed E-state index contributed by atoms with van der Waals surface area (Å²) in [6.07, 6.45) is 1.39. The second kappa shape index (κ2) is 5.68. The zero-order valence-corrected chi connectivity index (χ0v) is 9.92. The van der Waals surface area contributed by atoms with Crippen LogP contribution in [-0.4, -0.2) is 35.2 Å². The molecule has 0 spiro atoms. The van der Waals surface area contributed by atoms with Crippen molar-refractivity contribution < 1.29 is 5.11 Å². The number of aliphatic imine (C=N–C) groups is 1. The molecule has 0 aromatic heterocycles. The maximum absolute atomic E-state index is 9.41. The molecular formula is C13H19N3O. The minimum absolute atomic E-state index is 0.173. The van der Waals surface area contributed by atoms with Gasteiger partial charge in [0, 0.05) is 13.1 Å². The van der Waals surface area contributed by atoms with Crippen LogP contribution in [0.15, 0.2) is 35.3 Å². The van der Waals surface area contributed by atoms with Crippen LogP contribution >= 0.6 is 0 Å². The fourth-order valence-corrected chi connectivity index (χ4v) is 1.95. The predicted octanol–water partition coefficient (Wildman–Crippen LogP) is 0.958. The number of rotatable bonds is 2. The van der Waals surface area contributed by atoms with Gasteiger partial charge in [0.25, 0.3) is 0 Å². The highest BCUT2D eigenvalue weighted by atomic mass is 16.3. The molecule has 0 unspecified atom stereocenters. The summed E-state index contributed by atoms with van der Waals surface area (Å²) in [5, 5.41) is 9.41. The molecule has 1 aliphatic heterocycles. The van der Waals surface area contributed by atoms with Gasteiger partial charge < -0.3 is 15.7 Å². The van der Waals surface area contributed by atoms with Crippen LogP contribution in [-0.2, 0) is 6.54 Å². The van der Waals surface area contributed by atoms with Crippen molar-refractivity contribution in [1.29, 1.82) is 0 Å². The minimum Gasteiger partial charge on any atom is -0.393 e. The van der Waals surface area contributed by atoms with Crippen molar-refractivity contribution in [3.63, 3.8) is 0 Å². The molecule has 3 N–H and O–H groups in total. The van der Waals surface area contributed by atoms with Crippen LogP contribution < -0.4 is 5.73 Å². The highest BCUT2D eigenvalue weighted by Gasteiger charge is 2.17. The summed E-state index contributed by atoms with van der Waals surface area (Å²) >= 11 is 0. The quantitative estimate of drug-likeness (QED) is 0.591. The standard InChI is InChI=1S/C13H19N3O/c14-13(16-8-6-12(17)7-9-16)15-10-11-4-2-1-3-5-11/h1-5,12,17H,6-10H2,(H2,14,15). The Labute approximate surface area is 102 Å². The lowest BCUT2D eigenvalue weighted by Gasteiger charge is -2.30. The third kappa shape index (κ3) is 3.46. The second-order valence-corrected chi connectivity index (χ2v) is 4.38. The van der Waals surface area contributed by atoms with Gasteiger partial charge in [0.15, 0.2) is 5.96 Å². The molecule has 0 aliphatic carbocycles. The first-order chi connectivity index (χ1) is 8.25. The number of hydrogen-bond acceptors (Lipinski definition) is 2. The Morgan fingerprint density at radius 2 is 1.94 bits per heavy atom. The summed E-state index contributed by atoms with van der Waals surface area (Å²) in [6.45, 7) is 2.21. The maximum atomic E-state index is 9.41. The van der Waals surface area contributed by atoms with Gasteiger partial charge in [-0.3, -0.25) is 0 Å². The minimum atomic E-state index is -0.173. The van der Waals surface area contributed by atoms with Crippen LogP contribution in [0.4, 0.5) is 0 Å². The van der Waals surface area contributed by atoms with Crippen molar-refractivity contribution in [2.45, 2.75) is 25.5 Å². The average Bonchev–Trinajstić information content (AvgIpc) is 2.38. The molecule has 1 aromatic carbocycles. The number of aliphatic hydroxyl groups is 1. The van der Waals surface area contributed by atoms with Crippen molar-refractivity contribution in [3.8, 4) is 0 Å². The van der Waals surface area contributed by atoms with Gasteiger partial charge in [-0.2, -0.15) is 0 Å². The van der Waals surface area contributed by atoms with Gasteiger partial charge in [-0.05, 0) is 18.4 Å². The van der Waals surface area contributed by atoms with Crippen molar-refractivity contribution in [2.75, 3.05) is 13.1 Å². The molecule has 4 heteroatoms. The number of nitrogens with two attached hydrogens (primary N) is 1. The molecule has 1 aliphatic rings. The van der Waals surface area contributed by atoms with Gasteiger partial charge in [-0.15, -0.1) is 0 Å². The van der Waals surface area contributed by atoms with Gasteiger partial charge in [0.05, 0.1) is 12.6 Å². The van der Waals surface area contributed by atoms with Crippen molar-refractivity contribution in [2.24, 2.45) is 10.7 Å². The molecule has 1 aromatic rings. The predicted molar refractivity (Wildman–Crippen MR) is 68.6 cm³/mol. The number of aliphatic hydroxyl groups excluding tert-OH is 1. The topological polar surface area (TPSA) is 61.8 Å². The SMILES string of the molecule is NC(=NCc1ccccc1)N1CCC(O)CC1. The first-order valence-corrected chi connectivity index (χ1v) is 6.02. The van der Waals surface area contributed by atoms with Crippen LogP contribution in [0.2, 0.25) is 0 Å². The summed E-state index contributed by atoms with van der Waals surface area (Å²) < 4.78 is 0. The van der Waals surface area contributed by atoms with Crippen molar-refractivity contribution in [3.05, 3.63) is 35.9 Å². The lowest BCUT2D eigenvalue weighted by atomic mass is 10.1. The average molecular weight is 233 g/mol. The fourth-order valence-electron chi connectivity index (χ4n) is 1.95. The number of guanidine groups is 1. The third-order valence-corrected chi connectivity index (χ3v) is 3.05. The lowest BCUT2D eigenvalue weighted by molar-refractivity contribution is 0.108. The van der Waals surface area contributed by atoms with Gasteiger partial charge in [0.2, 0.25) is 0 Å². The molecular weight excluding hydrogens is 214 g/mol. The van der Waals surface area contributed by atoms with Gasteiger partial charge in [-0.1, -0.05) is 30.3 Å². The first-order valence-electron chi connectivity index (χ1n) is 6.02. The van der Waals surface area contributed by atoms with Gasteiger partial charge in [0.1, 0.15) is 0 Å².